The topological polar surface area (TPSA) is 29.4 Å². The van der Waals surface area contributed by atoms with E-state index in [1.165, 1.54) is 19.3 Å². The van der Waals surface area contributed by atoms with Crippen LogP contribution >= 0.6 is 0 Å². The van der Waals surface area contributed by atoms with E-state index in [1.807, 2.05) is 0 Å². The van der Waals surface area contributed by atoms with E-state index >= 15 is 0 Å². The first kappa shape index (κ1) is 11.0. The van der Waals surface area contributed by atoms with Crippen molar-refractivity contribution in [3.8, 4) is 0 Å². The van der Waals surface area contributed by atoms with Gasteiger partial charge in [0.05, 0.1) is 6.04 Å². The maximum Gasteiger partial charge on any atom is 0.0594 e. The number of hydrogen-bond acceptors (Lipinski definition) is 2. The van der Waals surface area contributed by atoms with E-state index in [-0.39, 0.29) is 0 Å². The molecule has 0 amide bonds. The Morgan fingerprint density at radius 3 is 2.15 bits per heavy atom. The molecule has 1 aliphatic carbocycles. The van der Waals surface area contributed by atoms with Crippen molar-refractivity contribution in [3.05, 3.63) is 0 Å². The minimum atomic E-state index is -1.87. The Labute approximate surface area is 82.3 Å². The van der Waals surface area contributed by atoms with Crippen molar-refractivity contribution < 1.29 is 4.21 Å². The molecule has 0 aromatic rings. The Morgan fingerprint density at radius 1 is 1.23 bits per heavy atom. The molecule has 0 aromatic carbocycles. The predicted octanol–water partition coefficient (Wildman–Crippen LogP) is 2.68. The fourth-order valence-electron chi connectivity index (χ4n) is 2.02. The average molecular weight is 203 g/mol. The molecule has 0 bridgehead atoms. The minimum absolute atomic E-state index is 0.380. The molecule has 1 rings (SSSR count). The lowest BCUT2D eigenvalue weighted by Crippen LogP contribution is -2.17. The van der Waals surface area contributed by atoms with E-state index in [1.54, 1.807) is 12.5 Å². The van der Waals surface area contributed by atoms with Gasteiger partial charge >= 0.3 is 0 Å². The van der Waals surface area contributed by atoms with Gasteiger partial charge < -0.3 is 0 Å². The van der Waals surface area contributed by atoms with Gasteiger partial charge in [-0.2, -0.15) is 0 Å². The van der Waals surface area contributed by atoms with Crippen LogP contribution in [0, 0.1) is 5.92 Å². The Hall–Kier alpha value is -0.0500. The van der Waals surface area contributed by atoms with Crippen LogP contribution in [0.25, 0.3) is 0 Å². The zero-order valence-corrected chi connectivity index (χ0v) is 9.77. The second kappa shape index (κ2) is 4.45. The van der Waals surface area contributed by atoms with Crippen molar-refractivity contribution in [2.24, 2.45) is 10.3 Å². The highest BCUT2D eigenvalue weighted by Crippen LogP contribution is 2.28. The summed E-state index contributed by atoms with van der Waals surface area (Å²) in [6, 6.07) is 0.380. The molecule has 0 atom stereocenters. The molecule has 2 nitrogen and oxygen atoms in total. The van der Waals surface area contributed by atoms with Crippen LogP contribution in [0.2, 0.25) is 0 Å². The van der Waals surface area contributed by atoms with Gasteiger partial charge in [0.1, 0.15) is 0 Å². The molecule has 78 valence electrons. The summed E-state index contributed by atoms with van der Waals surface area (Å²) in [6.45, 7) is 2.25. The smallest absolute Gasteiger partial charge is 0.0594 e. The molecule has 0 unspecified atom stereocenters. The second-order valence-electron chi connectivity index (χ2n) is 4.37. The fourth-order valence-corrected chi connectivity index (χ4v) is 2.95. The Balaban J connectivity index is 2.47. The first-order valence-corrected chi connectivity index (χ1v) is 7.50. The molecule has 0 N–H and O–H groups in total. The molecule has 1 aliphatic rings. The summed E-state index contributed by atoms with van der Waals surface area (Å²) in [5, 5.41) is 0. The normalized spacial score (nSPS) is 30.1. The lowest BCUT2D eigenvalue weighted by molar-refractivity contribution is 0.321. The zero-order valence-electron chi connectivity index (χ0n) is 8.95. The van der Waals surface area contributed by atoms with Gasteiger partial charge in [0.25, 0.3) is 0 Å². The highest BCUT2D eigenvalue weighted by atomic mass is 32.2. The second-order valence-corrected chi connectivity index (χ2v) is 6.94. The van der Waals surface area contributed by atoms with Gasteiger partial charge in [0.15, 0.2) is 0 Å². The Kier molecular flexibility index (Phi) is 3.77. The number of rotatable bonds is 2. The number of hydrogen-bond donors (Lipinski definition) is 0. The molecule has 0 radical (unpaired) electrons. The van der Waals surface area contributed by atoms with Crippen molar-refractivity contribution in [2.45, 2.75) is 45.1 Å². The summed E-state index contributed by atoms with van der Waals surface area (Å²) < 4.78 is 15.8. The molecule has 1 saturated carbocycles. The maximum absolute atomic E-state index is 11.4. The molecule has 1 fully saturated rings. The van der Waals surface area contributed by atoms with E-state index in [0.717, 1.165) is 18.8 Å². The predicted molar refractivity (Wildman–Crippen MR) is 58.5 cm³/mol. The third-order valence-electron chi connectivity index (χ3n) is 2.80. The lowest BCUT2D eigenvalue weighted by Gasteiger charge is -2.25. The molecular weight excluding hydrogens is 182 g/mol. The van der Waals surface area contributed by atoms with E-state index in [9.17, 15) is 4.21 Å². The summed E-state index contributed by atoms with van der Waals surface area (Å²) >= 11 is 0. The molecule has 0 aliphatic heterocycles. The van der Waals surface area contributed by atoms with Crippen LogP contribution in [0.5, 0.6) is 0 Å². The van der Waals surface area contributed by atoms with E-state index < -0.39 is 9.73 Å². The van der Waals surface area contributed by atoms with Crippen molar-refractivity contribution in [3.63, 3.8) is 0 Å². The summed E-state index contributed by atoms with van der Waals surface area (Å²) in [5.74, 6) is 0.899. The summed E-state index contributed by atoms with van der Waals surface area (Å²) in [5.41, 5.74) is 0. The van der Waals surface area contributed by atoms with E-state index in [0.29, 0.717) is 6.04 Å². The summed E-state index contributed by atoms with van der Waals surface area (Å²) in [7, 11) is -1.87. The van der Waals surface area contributed by atoms with Gasteiger partial charge in [0.2, 0.25) is 0 Å². The molecule has 0 spiro atoms. The van der Waals surface area contributed by atoms with Crippen molar-refractivity contribution in [2.75, 3.05) is 12.5 Å². The molecule has 0 aromatic heterocycles. The maximum atomic E-state index is 11.4. The highest BCUT2D eigenvalue weighted by molar-refractivity contribution is 7.92. The van der Waals surface area contributed by atoms with Gasteiger partial charge in [-0.25, -0.2) is 4.36 Å². The molecular formula is C10H21NOS. The molecule has 0 saturated heterocycles. The SMILES string of the molecule is CCC1CCC(N=S(C)(C)=O)CC1. The largest absolute Gasteiger partial charge is 0.250 e. The fraction of sp³-hybridized carbons (Fsp3) is 1.00. The first-order valence-electron chi connectivity index (χ1n) is 5.17. The van der Waals surface area contributed by atoms with Crippen LogP contribution in [0.4, 0.5) is 0 Å². The Morgan fingerprint density at radius 2 is 1.77 bits per heavy atom. The summed E-state index contributed by atoms with van der Waals surface area (Å²) in [4.78, 5) is 0. The third-order valence-corrected chi connectivity index (χ3v) is 3.60. The quantitative estimate of drug-likeness (QED) is 0.678. The van der Waals surface area contributed by atoms with Crippen molar-refractivity contribution >= 4 is 9.73 Å². The highest BCUT2D eigenvalue weighted by Gasteiger charge is 2.19. The van der Waals surface area contributed by atoms with E-state index in [2.05, 4.69) is 11.3 Å². The van der Waals surface area contributed by atoms with Crippen LogP contribution in [-0.4, -0.2) is 22.8 Å². The van der Waals surface area contributed by atoms with Gasteiger partial charge in [-0.1, -0.05) is 13.3 Å². The lowest BCUT2D eigenvalue weighted by atomic mass is 9.85. The first-order chi connectivity index (χ1) is 6.01. The van der Waals surface area contributed by atoms with Crippen molar-refractivity contribution in [1.82, 2.24) is 0 Å². The van der Waals surface area contributed by atoms with Crippen LogP contribution in [0.15, 0.2) is 4.36 Å². The average Bonchev–Trinajstić information content (AvgIpc) is 2.03. The van der Waals surface area contributed by atoms with Crippen LogP contribution in [0.3, 0.4) is 0 Å². The minimum Gasteiger partial charge on any atom is -0.250 e. The van der Waals surface area contributed by atoms with Crippen LogP contribution in [0.1, 0.15) is 39.0 Å². The third kappa shape index (κ3) is 4.12. The number of nitrogens with zero attached hydrogens (tertiary/aromatic N) is 1. The van der Waals surface area contributed by atoms with Crippen LogP contribution < -0.4 is 0 Å². The monoisotopic (exact) mass is 203 g/mol. The zero-order chi connectivity index (χ0) is 9.90. The van der Waals surface area contributed by atoms with E-state index in [4.69, 9.17) is 0 Å². The molecule has 13 heavy (non-hydrogen) atoms. The Bertz CT molecular complexity index is 250. The van der Waals surface area contributed by atoms with Crippen LogP contribution in [-0.2, 0) is 9.73 Å². The van der Waals surface area contributed by atoms with Gasteiger partial charge in [-0.05, 0) is 31.6 Å². The summed E-state index contributed by atoms with van der Waals surface area (Å²) in [6.07, 6.45) is 9.62. The molecule has 0 heterocycles. The molecule has 3 heteroatoms. The van der Waals surface area contributed by atoms with Crippen molar-refractivity contribution in [1.29, 1.82) is 0 Å². The van der Waals surface area contributed by atoms with Gasteiger partial charge in [-0.15, -0.1) is 0 Å². The standard InChI is InChI=1S/C10H21NOS/c1-4-9-5-7-10(8-6-9)11-13(2,3)12/h9-10H,4-8H2,1-3H3. The van der Waals surface area contributed by atoms with Gasteiger partial charge in [0, 0.05) is 22.2 Å². The van der Waals surface area contributed by atoms with Gasteiger partial charge in [-0.3, -0.25) is 4.21 Å².